The van der Waals surface area contributed by atoms with Crippen molar-refractivity contribution in [2.75, 3.05) is 19.0 Å². The van der Waals surface area contributed by atoms with Crippen molar-refractivity contribution in [3.8, 4) is 0 Å². The largest absolute Gasteiger partial charge is 0.297 e. The summed E-state index contributed by atoms with van der Waals surface area (Å²) in [7, 11) is 2.03. The van der Waals surface area contributed by atoms with Crippen LogP contribution >= 0.6 is 27.5 Å². The van der Waals surface area contributed by atoms with Gasteiger partial charge in [0, 0.05) is 26.0 Å². The summed E-state index contributed by atoms with van der Waals surface area (Å²) in [6.07, 6.45) is 3.40. The number of hydrogen-bond donors (Lipinski definition) is 0. The molecule has 1 aliphatic heterocycles. The van der Waals surface area contributed by atoms with Gasteiger partial charge in [-0.2, -0.15) is 5.10 Å². The van der Waals surface area contributed by atoms with Gasteiger partial charge in [-0.15, -0.1) is 11.6 Å². The van der Waals surface area contributed by atoms with Gasteiger partial charge < -0.3 is 0 Å². The molecule has 0 aromatic carbocycles. The van der Waals surface area contributed by atoms with Crippen LogP contribution in [0.2, 0.25) is 0 Å². The van der Waals surface area contributed by atoms with E-state index in [1.165, 1.54) is 29.7 Å². The van der Waals surface area contributed by atoms with Crippen molar-refractivity contribution in [1.82, 2.24) is 14.7 Å². The first-order chi connectivity index (χ1) is 8.65. The van der Waals surface area contributed by atoms with E-state index in [-0.39, 0.29) is 0 Å². The van der Waals surface area contributed by atoms with Crippen molar-refractivity contribution in [3.63, 3.8) is 0 Å². The lowest BCUT2D eigenvalue weighted by Gasteiger charge is -2.16. The zero-order valence-electron chi connectivity index (χ0n) is 11.1. The first-order valence-electron chi connectivity index (χ1n) is 6.64. The SMILES string of the molecule is CCc1nn(C)c(CN2CCC(CCCl)C2)c1Br. The maximum absolute atomic E-state index is 5.82. The summed E-state index contributed by atoms with van der Waals surface area (Å²) in [6, 6.07) is 0. The number of aromatic nitrogens is 2. The van der Waals surface area contributed by atoms with E-state index in [0.29, 0.717) is 0 Å². The number of nitrogens with zero attached hydrogens (tertiary/aromatic N) is 3. The van der Waals surface area contributed by atoms with Crippen molar-refractivity contribution >= 4 is 27.5 Å². The number of rotatable bonds is 5. The molecule has 2 rings (SSSR count). The molecule has 0 amide bonds. The van der Waals surface area contributed by atoms with E-state index in [9.17, 15) is 0 Å². The standard InChI is InChI=1S/C13H21BrClN3/c1-3-11-13(14)12(17(2)16-11)9-18-7-5-10(8-18)4-6-15/h10H,3-9H2,1-2H3. The second-order valence-electron chi connectivity index (χ2n) is 5.05. The first kappa shape index (κ1) is 14.4. The third-order valence-corrected chi connectivity index (χ3v) is 4.90. The monoisotopic (exact) mass is 333 g/mol. The molecule has 1 aliphatic rings. The molecule has 0 spiro atoms. The average molecular weight is 335 g/mol. The molecule has 0 bridgehead atoms. The molecule has 0 N–H and O–H groups in total. The van der Waals surface area contributed by atoms with E-state index in [4.69, 9.17) is 11.6 Å². The van der Waals surface area contributed by atoms with Crippen LogP contribution in [0.15, 0.2) is 4.47 Å². The molecule has 0 radical (unpaired) electrons. The summed E-state index contributed by atoms with van der Waals surface area (Å²) in [4.78, 5) is 2.51. The highest BCUT2D eigenvalue weighted by atomic mass is 79.9. The Balaban J connectivity index is 2.00. The number of likely N-dealkylation sites (tertiary alicyclic amines) is 1. The molecule has 1 aromatic heterocycles. The summed E-state index contributed by atoms with van der Waals surface area (Å²) in [5.74, 6) is 1.56. The molecule has 1 fully saturated rings. The Bertz CT molecular complexity index is 405. The van der Waals surface area contributed by atoms with Crippen molar-refractivity contribution in [1.29, 1.82) is 0 Å². The van der Waals surface area contributed by atoms with E-state index >= 15 is 0 Å². The van der Waals surface area contributed by atoms with E-state index in [1.54, 1.807) is 0 Å². The minimum Gasteiger partial charge on any atom is -0.297 e. The molecule has 3 nitrogen and oxygen atoms in total. The third kappa shape index (κ3) is 3.09. The van der Waals surface area contributed by atoms with Crippen LogP contribution in [0.25, 0.3) is 0 Å². The lowest BCUT2D eigenvalue weighted by atomic mass is 10.1. The molecule has 0 saturated carbocycles. The van der Waals surface area contributed by atoms with Crippen LogP contribution < -0.4 is 0 Å². The summed E-state index contributed by atoms with van der Waals surface area (Å²) in [5.41, 5.74) is 2.45. The van der Waals surface area contributed by atoms with Gasteiger partial charge in [-0.1, -0.05) is 6.92 Å². The molecular formula is C13H21BrClN3. The van der Waals surface area contributed by atoms with Crippen LogP contribution in [0.1, 0.15) is 31.2 Å². The average Bonchev–Trinajstić information content (AvgIpc) is 2.89. The number of halogens is 2. The Morgan fingerprint density at radius 1 is 1.50 bits per heavy atom. The van der Waals surface area contributed by atoms with Gasteiger partial charge >= 0.3 is 0 Å². The van der Waals surface area contributed by atoms with Crippen LogP contribution in [-0.4, -0.2) is 33.6 Å². The molecule has 18 heavy (non-hydrogen) atoms. The highest BCUT2D eigenvalue weighted by Crippen LogP contribution is 2.26. The van der Waals surface area contributed by atoms with Crippen LogP contribution in [-0.2, 0) is 20.0 Å². The Morgan fingerprint density at radius 3 is 2.89 bits per heavy atom. The van der Waals surface area contributed by atoms with Gasteiger partial charge in [0.25, 0.3) is 0 Å². The van der Waals surface area contributed by atoms with Crippen LogP contribution in [0.5, 0.6) is 0 Å². The third-order valence-electron chi connectivity index (χ3n) is 3.76. The molecule has 1 saturated heterocycles. The number of aryl methyl sites for hydroxylation is 2. The smallest absolute Gasteiger partial charge is 0.0767 e. The fraction of sp³-hybridized carbons (Fsp3) is 0.769. The van der Waals surface area contributed by atoms with Crippen molar-refractivity contribution in [2.24, 2.45) is 13.0 Å². The molecule has 1 atom stereocenters. The van der Waals surface area contributed by atoms with Gasteiger partial charge in [0.05, 0.1) is 15.9 Å². The quantitative estimate of drug-likeness (QED) is 0.771. The summed E-state index contributed by atoms with van der Waals surface area (Å²) < 4.78 is 3.20. The lowest BCUT2D eigenvalue weighted by molar-refractivity contribution is 0.306. The van der Waals surface area contributed by atoms with Gasteiger partial charge in [-0.05, 0) is 47.7 Å². The van der Waals surface area contributed by atoms with Gasteiger partial charge in [-0.25, -0.2) is 0 Å². The first-order valence-corrected chi connectivity index (χ1v) is 7.97. The minimum absolute atomic E-state index is 0.778. The van der Waals surface area contributed by atoms with E-state index < -0.39 is 0 Å². The maximum Gasteiger partial charge on any atom is 0.0767 e. The molecule has 102 valence electrons. The van der Waals surface area contributed by atoms with Gasteiger partial charge in [0.1, 0.15) is 0 Å². The normalized spacial score (nSPS) is 20.8. The Morgan fingerprint density at radius 2 is 2.28 bits per heavy atom. The highest BCUT2D eigenvalue weighted by molar-refractivity contribution is 9.10. The fourth-order valence-corrected chi connectivity index (χ4v) is 3.70. The Hall–Kier alpha value is -0.0600. The second kappa shape index (κ2) is 6.40. The van der Waals surface area contributed by atoms with Crippen molar-refractivity contribution < 1.29 is 0 Å². The molecular weight excluding hydrogens is 314 g/mol. The maximum atomic E-state index is 5.82. The molecule has 1 unspecified atom stereocenters. The molecule has 1 aromatic rings. The van der Waals surface area contributed by atoms with Crippen LogP contribution in [0.4, 0.5) is 0 Å². The van der Waals surface area contributed by atoms with Gasteiger partial charge in [0.2, 0.25) is 0 Å². The number of hydrogen-bond acceptors (Lipinski definition) is 2. The molecule has 5 heteroatoms. The molecule has 0 aliphatic carbocycles. The summed E-state index contributed by atoms with van der Waals surface area (Å²) in [6.45, 7) is 5.48. The lowest BCUT2D eigenvalue weighted by Crippen LogP contribution is -2.22. The minimum atomic E-state index is 0.778. The zero-order chi connectivity index (χ0) is 13.1. The Kier molecular flexibility index (Phi) is 5.10. The van der Waals surface area contributed by atoms with Crippen LogP contribution in [0.3, 0.4) is 0 Å². The summed E-state index contributed by atoms with van der Waals surface area (Å²) in [5, 5.41) is 4.55. The van der Waals surface area contributed by atoms with E-state index in [1.807, 2.05) is 11.7 Å². The molecule has 2 heterocycles. The van der Waals surface area contributed by atoms with Gasteiger partial charge in [0.15, 0.2) is 0 Å². The van der Waals surface area contributed by atoms with E-state index in [2.05, 4.69) is 32.9 Å². The van der Waals surface area contributed by atoms with E-state index in [0.717, 1.165) is 36.9 Å². The zero-order valence-corrected chi connectivity index (χ0v) is 13.5. The Labute approximate surface area is 123 Å². The topological polar surface area (TPSA) is 21.1 Å². The summed E-state index contributed by atoms with van der Waals surface area (Å²) >= 11 is 9.51. The van der Waals surface area contributed by atoms with Gasteiger partial charge in [-0.3, -0.25) is 9.58 Å². The highest BCUT2D eigenvalue weighted by Gasteiger charge is 2.24. The fourth-order valence-electron chi connectivity index (χ4n) is 2.65. The predicted octanol–water partition coefficient (Wildman–Crippen LogP) is 3.20. The predicted molar refractivity (Wildman–Crippen MR) is 79.0 cm³/mol. The van der Waals surface area contributed by atoms with Crippen molar-refractivity contribution in [3.05, 3.63) is 15.9 Å². The second-order valence-corrected chi connectivity index (χ2v) is 6.22. The van der Waals surface area contributed by atoms with Crippen molar-refractivity contribution in [2.45, 2.75) is 32.7 Å². The number of alkyl halides is 1. The van der Waals surface area contributed by atoms with Crippen LogP contribution in [0, 0.1) is 5.92 Å².